The molecule has 0 fully saturated rings. The van der Waals surface area contributed by atoms with Crippen molar-refractivity contribution in [2.24, 2.45) is 5.92 Å². The first-order chi connectivity index (χ1) is 17.2. The first-order valence-corrected chi connectivity index (χ1v) is 14.8. The zero-order chi connectivity index (χ0) is 25.0. The Bertz CT molecular complexity index is 855. The van der Waals surface area contributed by atoms with Gasteiger partial charge in [-0.15, -0.1) is 11.3 Å². The summed E-state index contributed by atoms with van der Waals surface area (Å²) in [6, 6.07) is 0. The molecule has 0 N–H and O–H groups in total. The van der Waals surface area contributed by atoms with E-state index in [0.717, 1.165) is 62.3 Å². The summed E-state index contributed by atoms with van der Waals surface area (Å²) in [4.78, 5) is 18.7. The number of hydrogen-bond acceptors (Lipinski definition) is 3. The maximum atomic E-state index is 12.4. The van der Waals surface area contributed by atoms with E-state index in [-0.39, 0.29) is 0 Å². The highest BCUT2D eigenvalue weighted by Crippen LogP contribution is 2.32. The van der Waals surface area contributed by atoms with E-state index in [1.807, 2.05) is 0 Å². The minimum absolute atomic E-state index is 0.339. The van der Waals surface area contributed by atoms with Crippen molar-refractivity contribution in [3.63, 3.8) is 0 Å². The van der Waals surface area contributed by atoms with Crippen LogP contribution in [0.3, 0.4) is 0 Å². The van der Waals surface area contributed by atoms with E-state index in [2.05, 4.69) is 74.6 Å². The third-order valence-corrected chi connectivity index (χ3v) is 7.50. The number of Topliss-reactive ketones (excluding diaryl/α,β-unsaturated/α-hetero) is 1. The summed E-state index contributed by atoms with van der Waals surface area (Å²) in [5.41, 5.74) is 1.28. The van der Waals surface area contributed by atoms with Gasteiger partial charge in [0.2, 0.25) is 0 Å². The summed E-state index contributed by atoms with van der Waals surface area (Å²) in [6.45, 7) is 4.43. The Morgan fingerprint density at radius 1 is 0.886 bits per heavy atom. The maximum absolute atomic E-state index is 12.4. The lowest BCUT2D eigenvalue weighted by Gasteiger charge is -2.20. The second-order valence-electron chi connectivity index (χ2n) is 9.54. The lowest BCUT2D eigenvalue weighted by Crippen LogP contribution is -2.12. The molecule has 1 heterocycles. The van der Waals surface area contributed by atoms with Crippen LogP contribution in [0.1, 0.15) is 106 Å². The molecule has 0 radical (unpaired) electrons. The predicted octanol–water partition coefficient (Wildman–Crippen LogP) is 9.47. The molecule has 2 rings (SSSR count). The number of carbonyl (C=O) groups is 1. The quantitative estimate of drug-likeness (QED) is 0.150. The number of unbranched alkanes of at least 4 members (excludes halogenated alkanes) is 2. The Morgan fingerprint density at radius 2 is 1.51 bits per heavy atom. The van der Waals surface area contributed by atoms with Gasteiger partial charge >= 0.3 is 0 Å². The van der Waals surface area contributed by atoms with E-state index in [9.17, 15) is 4.79 Å². The van der Waals surface area contributed by atoms with Crippen molar-refractivity contribution in [1.82, 2.24) is 4.98 Å². The normalized spacial score (nSPS) is 16.6. The zero-order valence-electron chi connectivity index (χ0n) is 22.2. The van der Waals surface area contributed by atoms with Crippen molar-refractivity contribution in [2.45, 2.75) is 110 Å². The molecule has 2 nitrogen and oxygen atoms in total. The average Bonchev–Trinajstić information content (AvgIpc) is 3.26. The van der Waals surface area contributed by atoms with E-state index in [4.69, 9.17) is 4.98 Å². The van der Waals surface area contributed by atoms with Crippen molar-refractivity contribution >= 4 is 17.1 Å². The number of ketones is 1. The average molecular weight is 494 g/mol. The smallest absolute Gasteiger partial charge is 0.139 e. The highest BCUT2D eigenvalue weighted by molar-refractivity contribution is 7.11. The summed E-state index contributed by atoms with van der Waals surface area (Å²) < 4.78 is 0. The zero-order valence-corrected chi connectivity index (χ0v) is 23.0. The van der Waals surface area contributed by atoms with Gasteiger partial charge in [0.1, 0.15) is 10.8 Å². The van der Waals surface area contributed by atoms with Crippen LogP contribution in [-0.4, -0.2) is 10.8 Å². The van der Waals surface area contributed by atoms with Crippen LogP contribution in [0, 0.1) is 5.92 Å². The molecule has 1 aliphatic carbocycles. The Balaban J connectivity index is 1.51. The highest BCUT2D eigenvalue weighted by Gasteiger charge is 2.22. The summed E-state index contributed by atoms with van der Waals surface area (Å²) >= 11 is 1.80. The minimum atomic E-state index is 0.339. The minimum Gasteiger partial charge on any atom is -0.299 e. The lowest BCUT2D eigenvalue weighted by molar-refractivity contribution is -0.118. The molecule has 192 valence electrons. The largest absolute Gasteiger partial charge is 0.299 e. The number of nitrogens with zero attached hydrogens (tertiary/aromatic N) is 1. The van der Waals surface area contributed by atoms with Gasteiger partial charge in [0.25, 0.3) is 0 Å². The third kappa shape index (κ3) is 13.6. The van der Waals surface area contributed by atoms with Gasteiger partial charge in [-0.3, -0.25) is 4.79 Å². The molecule has 35 heavy (non-hydrogen) atoms. The van der Waals surface area contributed by atoms with Crippen molar-refractivity contribution in [3.8, 4) is 0 Å². The molecule has 0 spiro atoms. The van der Waals surface area contributed by atoms with Crippen LogP contribution >= 0.6 is 11.3 Å². The van der Waals surface area contributed by atoms with Crippen LogP contribution in [0.5, 0.6) is 0 Å². The highest BCUT2D eigenvalue weighted by atomic mass is 32.1. The Labute approximate surface area is 219 Å². The van der Waals surface area contributed by atoms with Crippen LogP contribution < -0.4 is 0 Å². The van der Waals surface area contributed by atoms with Crippen LogP contribution in [-0.2, 0) is 24.1 Å². The first kappa shape index (κ1) is 29.2. The van der Waals surface area contributed by atoms with Gasteiger partial charge in [-0.25, -0.2) is 4.98 Å². The van der Waals surface area contributed by atoms with E-state index in [1.165, 1.54) is 42.7 Å². The van der Waals surface area contributed by atoms with E-state index in [0.29, 0.717) is 18.6 Å². The summed E-state index contributed by atoms with van der Waals surface area (Å²) in [5, 5.41) is 1.05. The molecule has 0 aliphatic heterocycles. The molecular formula is C32H47NOS. The number of fused-ring (bicyclic) bond motifs is 1. The van der Waals surface area contributed by atoms with Crippen molar-refractivity contribution in [3.05, 3.63) is 76.3 Å². The SMILES string of the molecule is CC/C=C\C/C=C\C/C=C\C/C=C\C/C=C\CCCC(=O)Cc1nc2c(s1)C[C@H](CCCC)CC2. The van der Waals surface area contributed by atoms with Gasteiger partial charge in [0.05, 0.1) is 12.1 Å². The van der Waals surface area contributed by atoms with Crippen molar-refractivity contribution in [2.75, 3.05) is 0 Å². The van der Waals surface area contributed by atoms with Gasteiger partial charge in [-0.05, 0) is 70.1 Å². The number of rotatable bonds is 18. The molecule has 1 aromatic heterocycles. The Kier molecular flexibility index (Phi) is 16.1. The second kappa shape index (κ2) is 19.2. The first-order valence-electron chi connectivity index (χ1n) is 14.0. The molecular weight excluding hydrogens is 446 g/mol. The summed E-state index contributed by atoms with van der Waals surface area (Å²) in [7, 11) is 0. The molecule has 0 amide bonds. The maximum Gasteiger partial charge on any atom is 0.139 e. The van der Waals surface area contributed by atoms with Crippen LogP contribution in [0.4, 0.5) is 0 Å². The molecule has 3 heteroatoms. The second-order valence-corrected chi connectivity index (χ2v) is 10.7. The fraction of sp³-hybridized carbons (Fsp3) is 0.562. The van der Waals surface area contributed by atoms with Crippen LogP contribution in [0.25, 0.3) is 0 Å². The number of thiazole rings is 1. The number of hydrogen-bond donors (Lipinski definition) is 0. The fourth-order valence-electron chi connectivity index (χ4n) is 4.35. The van der Waals surface area contributed by atoms with Crippen molar-refractivity contribution in [1.29, 1.82) is 0 Å². The number of carbonyl (C=O) groups excluding carboxylic acids is 1. The number of aryl methyl sites for hydroxylation is 1. The molecule has 1 aromatic rings. The monoisotopic (exact) mass is 493 g/mol. The van der Waals surface area contributed by atoms with Gasteiger partial charge in [0.15, 0.2) is 0 Å². The predicted molar refractivity (Wildman–Crippen MR) is 154 cm³/mol. The van der Waals surface area contributed by atoms with Gasteiger partial charge in [0, 0.05) is 11.3 Å². The Hall–Kier alpha value is -2.00. The third-order valence-electron chi connectivity index (χ3n) is 6.38. The summed E-state index contributed by atoms with van der Waals surface area (Å²) in [6.07, 6.45) is 37.9. The molecule has 0 saturated carbocycles. The summed E-state index contributed by atoms with van der Waals surface area (Å²) in [5.74, 6) is 1.17. The van der Waals surface area contributed by atoms with Gasteiger partial charge < -0.3 is 0 Å². The van der Waals surface area contributed by atoms with E-state index >= 15 is 0 Å². The standard InChI is InChI=1S/C32H47NOS/c1-3-5-7-8-9-10-11-12-13-14-15-16-17-18-19-20-21-23-29(34)27-32-33-30-25-24-28(22-6-4-2)26-31(30)35-32/h5,7,9-10,12-13,15-16,18-19,28H,3-4,6,8,11,14,17,20-27H2,1-2H3/b7-5-,10-9-,13-12-,16-15-,19-18-/t28-/m1/s1. The molecule has 0 aromatic carbocycles. The van der Waals surface area contributed by atoms with Crippen LogP contribution in [0.15, 0.2) is 60.8 Å². The topological polar surface area (TPSA) is 30.0 Å². The molecule has 1 aliphatic rings. The fourth-order valence-corrected chi connectivity index (χ4v) is 5.61. The lowest BCUT2D eigenvalue weighted by atomic mass is 9.87. The van der Waals surface area contributed by atoms with E-state index in [1.54, 1.807) is 11.3 Å². The Morgan fingerprint density at radius 3 is 2.14 bits per heavy atom. The molecule has 0 saturated heterocycles. The van der Waals surface area contributed by atoms with Crippen LogP contribution in [0.2, 0.25) is 0 Å². The number of aromatic nitrogens is 1. The molecule has 0 unspecified atom stereocenters. The van der Waals surface area contributed by atoms with E-state index < -0.39 is 0 Å². The number of allylic oxidation sites excluding steroid dienone is 10. The molecule has 1 atom stereocenters. The van der Waals surface area contributed by atoms with Gasteiger partial charge in [-0.2, -0.15) is 0 Å². The molecule has 0 bridgehead atoms. The van der Waals surface area contributed by atoms with Gasteiger partial charge in [-0.1, -0.05) is 93.9 Å². The van der Waals surface area contributed by atoms with Crippen molar-refractivity contribution < 1.29 is 4.79 Å².